The van der Waals surface area contributed by atoms with E-state index in [9.17, 15) is 0 Å². The van der Waals surface area contributed by atoms with Crippen molar-refractivity contribution in [3.8, 4) is 39.4 Å². The molecule has 1 unspecified atom stereocenters. The summed E-state index contributed by atoms with van der Waals surface area (Å²) in [5.41, 5.74) is 12.1. The number of ether oxygens (including phenoxy) is 1. The third kappa shape index (κ3) is 5.09. The van der Waals surface area contributed by atoms with Gasteiger partial charge in [0.1, 0.15) is 17.3 Å². The highest BCUT2D eigenvalue weighted by atomic mass is 16.5. The minimum absolute atomic E-state index is 0.453. The molecule has 2 aliphatic heterocycles. The molecule has 13 rings (SSSR count). The number of nitrogens with zero attached hydrogens (tertiary/aromatic N) is 4. The Morgan fingerprint density at radius 3 is 1.89 bits per heavy atom. The topological polar surface area (TPSA) is 55.8 Å². The number of benzene rings is 9. The lowest BCUT2D eigenvalue weighted by molar-refractivity contribution is 0.487. The maximum Gasteiger partial charge on any atom is 0.204 e. The van der Waals surface area contributed by atoms with Gasteiger partial charge in [-0.3, -0.25) is 0 Å². The quantitative estimate of drug-likeness (QED) is 0.189. The van der Waals surface area contributed by atoms with E-state index in [4.69, 9.17) is 14.7 Å². The minimum Gasteiger partial charge on any atom is -0.456 e. The van der Waals surface area contributed by atoms with Crippen molar-refractivity contribution in [1.29, 1.82) is 0 Å². The number of hydrogen-bond donors (Lipinski definition) is 1. The third-order valence-electron chi connectivity index (χ3n) is 12.4. The van der Waals surface area contributed by atoms with Gasteiger partial charge in [0.05, 0.1) is 22.1 Å². The van der Waals surface area contributed by atoms with E-state index in [0.717, 1.165) is 78.2 Å². The molecule has 0 bridgehead atoms. The molecule has 0 spiro atoms. The van der Waals surface area contributed by atoms with Gasteiger partial charge >= 0.3 is 0 Å². The summed E-state index contributed by atoms with van der Waals surface area (Å²) in [7, 11) is 0. The summed E-state index contributed by atoms with van der Waals surface area (Å²) in [6, 6.07) is 70.8. The van der Waals surface area contributed by atoms with Crippen molar-refractivity contribution in [2.24, 2.45) is 9.98 Å². The first kappa shape index (κ1) is 33.7. The van der Waals surface area contributed by atoms with Gasteiger partial charge in [-0.25, -0.2) is 9.98 Å². The zero-order valence-electron chi connectivity index (χ0n) is 32.8. The molecule has 286 valence electrons. The lowest BCUT2D eigenvalue weighted by atomic mass is 9.89. The molecule has 2 aromatic heterocycles. The minimum atomic E-state index is -0.453. The van der Waals surface area contributed by atoms with Gasteiger partial charge in [-0.2, -0.15) is 0 Å². The highest BCUT2D eigenvalue weighted by Crippen LogP contribution is 2.52. The van der Waals surface area contributed by atoms with E-state index in [2.05, 4.69) is 178 Å². The SMILES string of the molecule is c1ccc(C2=NC(n3c4ccccc4c4c(-c5ccc6c(c5)-c5cc7c(c8cccc(c58)O6)c5ccccc5n7-c5ccccc5)cccc43)NC(c3ccccc3)=N2)cc1. The Morgan fingerprint density at radius 2 is 1.08 bits per heavy atom. The number of amidine groups is 2. The molecule has 1 atom stereocenters. The van der Waals surface area contributed by atoms with Crippen molar-refractivity contribution < 1.29 is 4.74 Å². The smallest absolute Gasteiger partial charge is 0.204 e. The van der Waals surface area contributed by atoms with E-state index in [-0.39, 0.29) is 0 Å². The summed E-state index contributed by atoms with van der Waals surface area (Å²) >= 11 is 0. The van der Waals surface area contributed by atoms with Crippen LogP contribution in [0.4, 0.5) is 0 Å². The molecular weight excluding hydrogens is 747 g/mol. The Balaban J connectivity index is 1.02. The van der Waals surface area contributed by atoms with E-state index in [1.165, 1.54) is 32.6 Å². The fraction of sp³-hybridized carbons (Fsp3) is 0.0182. The molecule has 0 saturated heterocycles. The van der Waals surface area contributed by atoms with Gasteiger partial charge < -0.3 is 19.2 Å². The maximum atomic E-state index is 6.78. The highest BCUT2D eigenvalue weighted by molar-refractivity contribution is 6.26. The molecule has 9 aromatic carbocycles. The molecule has 1 N–H and O–H groups in total. The monoisotopic (exact) mass is 781 g/mol. The van der Waals surface area contributed by atoms with Crippen LogP contribution in [-0.2, 0) is 0 Å². The number of nitrogens with one attached hydrogen (secondary N) is 1. The van der Waals surface area contributed by atoms with Gasteiger partial charge in [0.15, 0.2) is 5.84 Å². The van der Waals surface area contributed by atoms with Crippen molar-refractivity contribution in [3.63, 3.8) is 0 Å². The molecule has 6 heteroatoms. The summed E-state index contributed by atoms with van der Waals surface area (Å²) < 4.78 is 11.5. The molecule has 2 aliphatic rings. The number of para-hydroxylation sites is 3. The molecule has 11 aromatic rings. The third-order valence-corrected chi connectivity index (χ3v) is 12.4. The summed E-state index contributed by atoms with van der Waals surface area (Å²) in [6.07, 6.45) is -0.453. The van der Waals surface area contributed by atoms with E-state index >= 15 is 0 Å². The van der Waals surface area contributed by atoms with Crippen LogP contribution >= 0.6 is 0 Å². The van der Waals surface area contributed by atoms with Crippen LogP contribution in [0.3, 0.4) is 0 Å². The predicted octanol–water partition coefficient (Wildman–Crippen LogP) is 13.4. The Kier molecular flexibility index (Phi) is 7.27. The van der Waals surface area contributed by atoms with Crippen molar-refractivity contribution in [2.45, 2.75) is 6.29 Å². The first-order valence-electron chi connectivity index (χ1n) is 20.7. The zero-order chi connectivity index (χ0) is 40.0. The summed E-state index contributed by atoms with van der Waals surface area (Å²) in [6.45, 7) is 0. The van der Waals surface area contributed by atoms with Crippen LogP contribution in [0.2, 0.25) is 0 Å². The van der Waals surface area contributed by atoms with E-state index < -0.39 is 6.29 Å². The average Bonchev–Trinajstić information content (AvgIpc) is 3.85. The van der Waals surface area contributed by atoms with Gasteiger partial charge in [0.2, 0.25) is 6.29 Å². The first-order valence-corrected chi connectivity index (χ1v) is 20.7. The van der Waals surface area contributed by atoms with Crippen molar-refractivity contribution >= 4 is 66.1 Å². The lowest BCUT2D eigenvalue weighted by Gasteiger charge is -2.26. The molecule has 0 aliphatic carbocycles. The van der Waals surface area contributed by atoms with Crippen LogP contribution in [0.15, 0.2) is 210 Å². The van der Waals surface area contributed by atoms with Crippen molar-refractivity contribution in [3.05, 3.63) is 211 Å². The fourth-order valence-corrected chi connectivity index (χ4v) is 9.76. The molecule has 6 nitrogen and oxygen atoms in total. The molecule has 4 heterocycles. The Morgan fingerprint density at radius 1 is 0.426 bits per heavy atom. The van der Waals surface area contributed by atoms with Crippen molar-refractivity contribution in [1.82, 2.24) is 14.5 Å². The molecular formula is C55H35N5O. The number of aromatic nitrogens is 2. The van der Waals surface area contributed by atoms with Gasteiger partial charge in [-0.15, -0.1) is 0 Å². The van der Waals surface area contributed by atoms with Gasteiger partial charge in [0, 0.05) is 49.3 Å². The summed E-state index contributed by atoms with van der Waals surface area (Å²) in [5.74, 6) is 3.20. The average molecular weight is 782 g/mol. The van der Waals surface area contributed by atoms with Gasteiger partial charge in [0.25, 0.3) is 0 Å². The van der Waals surface area contributed by atoms with Crippen LogP contribution in [0.25, 0.3) is 82.3 Å². The zero-order valence-corrected chi connectivity index (χ0v) is 32.8. The molecule has 61 heavy (non-hydrogen) atoms. The number of hydrogen-bond acceptors (Lipinski definition) is 4. The van der Waals surface area contributed by atoms with Crippen molar-refractivity contribution in [2.75, 3.05) is 0 Å². The first-order chi connectivity index (χ1) is 30.3. The van der Waals surface area contributed by atoms with Crippen LogP contribution in [-0.4, -0.2) is 20.8 Å². The van der Waals surface area contributed by atoms with Crippen LogP contribution in [0, 0.1) is 0 Å². The molecule has 0 fully saturated rings. The molecule has 0 saturated carbocycles. The highest BCUT2D eigenvalue weighted by Gasteiger charge is 2.28. The van der Waals surface area contributed by atoms with Crippen LogP contribution in [0.1, 0.15) is 17.4 Å². The van der Waals surface area contributed by atoms with E-state index in [1.807, 2.05) is 36.4 Å². The van der Waals surface area contributed by atoms with Gasteiger partial charge in [-0.05, 0) is 76.7 Å². The lowest BCUT2D eigenvalue weighted by Crippen LogP contribution is -2.36. The normalized spacial score (nSPS) is 14.5. The molecule has 0 amide bonds. The Labute approximate surface area is 351 Å². The molecule has 0 radical (unpaired) electrons. The van der Waals surface area contributed by atoms with Crippen LogP contribution in [0.5, 0.6) is 11.5 Å². The Bertz CT molecular complexity index is 3640. The van der Waals surface area contributed by atoms with Crippen LogP contribution < -0.4 is 10.1 Å². The number of rotatable bonds is 5. The van der Waals surface area contributed by atoms with Gasteiger partial charge in [-0.1, -0.05) is 146 Å². The predicted molar refractivity (Wildman–Crippen MR) is 250 cm³/mol. The second-order valence-corrected chi connectivity index (χ2v) is 15.7. The summed E-state index contributed by atoms with van der Waals surface area (Å²) in [4.78, 5) is 10.4. The standard InChI is InChI=1S/C55H35N5O/c1-4-16-34(17-5-1)53-56-54(35-18-6-2-7-19-35)58-55(57-53)60-45-27-13-11-23-40(45)50-38(24-14-28-46(50)60)36-30-31-48-42(32-36)43-33-47-51(41-25-15-29-49(61-48)52(41)43)39-22-10-12-26-44(39)59(47)37-20-8-3-9-21-37/h1-33,55H,(H,56,57,58). The maximum absolute atomic E-state index is 6.78. The summed E-state index contributed by atoms with van der Waals surface area (Å²) in [5, 5.41) is 10.8. The second-order valence-electron chi connectivity index (χ2n) is 15.7. The number of fused-ring (bicyclic) bond motifs is 9. The van der Waals surface area contributed by atoms with E-state index in [1.54, 1.807) is 0 Å². The number of aliphatic imine (C=N–C) groups is 2. The van der Waals surface area contributed by atoms with E-state index in [0.29, 0.717) is 5.84 Å². The Hall–Kier alpha value is -8.22. The second kappa shape index (κ2) is 13.1. The largest absolute Gasteiger partial charge is 0.456 e. The fourth-order valence-electron chi connectivity index (χ4n) is 9.76.